The van der Waals surface area contributed by atoms with Crippen molar-refractivity contribution in [2.24, 2.45) is 0 Å². The minimum Gasteiger partial charge on any atom is -0.457 e. The summed E-state index contributed by atoms with van der Waals surface area (Å²) in [6.07, 6.45) is 11.9. The van der Waals surface area contributed by atoms with E-state index in [1.54, 1.807) is 0 Å². The molecule has 0 aliphatic rings. The Morgan fingerprint density at radius 1 is 1.12 bits per heavy atom. The number of carbonyl (C=O) groups excluding carboxylic acids is 1. The fraction of sp³-hybridized carbons (Fsp3) is 0.643. The van der Waals surface area contributed by atoms with E-state index in [-0.39, 0.29) is 5.97 Å². The number of carbonyl (C=O) groups is 1. The molecule has 16 heavy (non-hydrogen) atoms. The molecule has 2 nitrogen and oxygen atoms in total. The third kappa shape index (κ3) is 11.0. The van der Waals surface area contributed by atoms with Gasteiger partial charge in [0.05, 0.1) is 0 Å². The van der Waals surface area contributed by atoms with Crippen LogP contribution in [0.3, 0.4) is 0 Å². The van der Waals surface area contributed by atoms with Gasteiger partial charge in [-0.1, -0.05) is 25.2 Å². The Morgan fingerprint density at radius 2 is 1.75 bits per heavy atom. The van der Waals surface area contributed by atoms with Crippen LogP contribution in [-0.4, -0.2) is 11.6 Å². The van der Waals surface area contributed by atoms with Gasteiger partial charge >= 0.3 is 5.97 Å². The van der Waals surface area contributed by atoms with Crippen molar-refractivity contribution in [3.8, 4) is 0 Å². The zero-order valence-corrected chi connectivity index (χ0v) is 11.0. The number of esters is 1. The lowest BCUT2D eigenvalue weighted by Crippen LogP contribution is -2.22. The minimum atomic E-state index is -0.398. The van der Waals surface area contributed by atoms with E-state index in [9.17, 15) is 4.79 Å². The average Bonchev–Trinajstić information content (AvgIpc) is 2.13. The topological polar surface area (TPSA) is 26.3 Å². The number of hydrogen-bond donors (Lipinski definition) is 0. The van der Waals surface area contributed by atoms with Crippen LogP contribution in [0.2, 0.25) is 0 Å². The standard InChI is InChI=1S/C14H24O2/c1-5-6-7-8-9-10-11-12-13(15)16-14(2,3)4/h6-7,11-12H,5,8-10H2,1-4H3. The van der Waals surface area contributed by atoms with E-state index >= 15 is 0 Å². The average molecular weight is 224 g/mol. The van der Waals surface area contributed by atoms with Gasteiger partial charge in [-0.2, -0.15) is 0 Å². The molecule has 0 bridgehead atoms. The first kappa shape index (κ1) is 14.9. The molecular formula is C14H24O2. The normalized spacial score (nSPS) is 12.5. The molecule has 0 amide bonds. The Balaban J connectivity index is 3.61. The maximum atomic E-state index is 11.3. The molecule has 92 valence electrons. The Labute approximate surface area is 99.4 Å². The van der Waals surface area contributed by atoms with Crippen molar-refractivity contribution in [3.63, 3.8) is 0 Å². The molecular weight excluding hydrogens is 200 g/mol. The van der Waals surface area contributed by atoms with Gasteiger partial charge in [-0.05, 0) is 46.5 Å². The second-order valence-corrected chi connectivity index (χ2v) is 4.75. The van der Waals surface area contributed by atoms with Crippen molar-refractivity contribution in [2.75, 3.05) is 0 Å². The van der Waals surface area contributed by atoms with Crippen LogP contribution in [0, 0.1) is 0 Å². The van der Waals surface area contributed by atoms with E-state index in [2.05, 4.69) is 19.1 Å². The molecule has 0 saturated carbocycles. The van der Waals surface area contributed by atoms with Crippen molar-refractivity contribution >= 4 is 5.97 Å². The molecule has 0 fully saturated rings. The molecule has 2 heteroatoms. The summed E-state index contributed by atoms with van der Waals surface area (Å²) < 4.78 is 5.14. The summed E-state index contributed by atoms with van der Waals surface area (Å²) in [5.74, 6) is -0.253. The molecule has 0 aliphatic heterocycles. The van der Waals surface area contributed by atoms with Gasteiger partial charge in [-0.3, -0.25) is 0 Å². The maximum absolute atomic E-state index is 11.3. The summed E-state index contributed by atoms with van der Waals surface area (Å²) in [6, 6.07) is 0. The van der Waals surface area contributed by atoms with E-state index in [1.807, 2.05) is 26.8 Å². The monoisotopic (exact) mass is 224 g/mol. The van der Waals surface area contributed by atoms with E-state index < -0.39 is 5.60 Å². The van der Waals surface area contributed by atoms with Crippen molar-refractivity contribution in [1.82, 2.24) is 0 Å². The molecule has 0 aromatic carbocycles. The van der Waals surface area contributed by atoms with Gasteiger partial charge in [0.1, 0.15) is 5.60 Å². The van der Waals surface area contributed by atoms with Gasteiger partial charge < -0.3 is 4.74 Å². The number of hydrogen-bond acceptors (Lipinski definition) is 2. The van der Waals surface area contributed by atoms with Crippen LogP contribution < -0.4 is 0 Å². The van der Waals surface area contributed by atoms with Crippen LogP contribution in [0.5, 0.6) is 0 Å². The van der Waals surface area contributed by atoms with Gasteiger partial charge in [-0.15, -0.1) is 0 Å². The van der Waals surface area contributed by atoms with Crippen molar-refractivity contribution in [3.05, 3.63) is 24.3 Å². The molecule has 0 unspecified atom stereocenters. The first-order valence-corrected chi connectivity index (χ1v) is 6.00. The molecule has 0 N–H and O–H groups in total. The summed E-state index contributed by atoms with van der Waals surface area (Å²) >= 11 is 0. The number of unbranched alkanes of at least 4 members (excludes halogenated alkanes) is 2. The Bertz CT molecular complexity index is 244. The lowest BCUT2D eigenvalue weighted by Gasteiger charge is -2.17. The quantitative estimate of drug-likeness (QED) is 0.295. The van der Waals surface area contributed by atoms with Crippen LogP contribution in [0.4, 0.5) is 0 Å². The van der Waals surface area contributed by atoms with E-state index in [0.717, 1.165) is 25.7 Å². The van der Waals surface area contributed by atoms with Crippen molar-refractivity contribution in [2.45, 2.75) is 59.0 Å². The molecule has 0 spiro atoms. The van der Waals surface area contributed by atoms with Gasteiger partial charge in [-0.25, -0.2) is 4.79 Å². The third-order valence-electron chi connectivity index (χ3n) is 1.80. The molecule has 0 heterocycles. The summed E-state index contributed by atoms with van der Waals surface area (Å²) in [4.78, 5) is 11.3. The predicted molar refractivity (Wildman–Crippen MR) is 68.3 cm³/mol. The van der Waals surface area contributed by atoms with E-state index in [1.165, 1.54) is 6.08 Å². The summed E-state index contributed by atoms with van der Waals surface area (Å²) in [6.45, 7) is 7.73. The molecule has 0 aromatic heterocycles. The van der Waals surface area contributed by atoms with Crippen molar-refractivity contribution < 1.29 is 9.53 Å². The second-order valence-electron chi connectivity index (χ2n) is 4.75. The van der Waals surface area contributed by atoms with Crippen LogP contribution in [-0.2, 0) is 9.53 Å². The van der Waals surface area contributed by atoms with E-state index in [4.69, 9.17) is 4.74 Å². The van der Waals surface area contributed by atoms with Crippen LogP contribution in [0.25, 0.3) is 0 Å². The SMILES string of the molecule is CCC=CCCCC=CC(=O)OC(C)(C)C. The Hall–Kier alpha value is -1.05. The molecule has 0 rings (SSSR count). The summed E-state index contributed by atoms with van der Waals surface area (Å²) in [5.41, 5.74) is -0.398. The molecule has 0 atom stereocenters. The van der Waals surface area contributed by atoms with Crippen LogP contribution in [0.15, 0.2) is 24.3 Å². The third-order valence-corrected chi connectivity index (χ3v) is 1.80. The highest BCUT2D eigenvalue weighted by molar-refractivity contribution is 5.82. The van der Waals surface area contributed by atoms with Gasteiger partial charge in [0.25, 0.3) is 0 Å². The minimum absolute atomic E-state index is 0.253. The smallest absolute Gasteiger partial charge is 0.330 e. The zero-order chi connectivity index (χ0) is 12.4. The maximum Gasteiger partial charge on any atom is 0.330 e. The van der Waals surface area contributed by atoms with Crippen LogP contribution in [0.1, 0.15) is 53.4 Å². The van der Waals surface area contributed by atoms with E-state index in [0.29, 0.717) is 0 Å². The lowest BCUT2D eigenvalue weighted by molar-refractivity contribution is -0.148. The lowest BCUT2D eigenvalue weighted by atomic mass is 10.2. The van der Waals surface area contributed by atoms with Crippen molar-refractivity contribution in [1.29, 1.82) is 0 Å². The van der Waals surface area contributed by atoms with Crippen LogP contribution >= 0.6 is 0 Å². The zero-order valence-electron chi connectivity index (χ0n) is 11.0. The van der Waals surface area contributed by atoms with Gasteiger partial charge in [0.2, 0.25) is 0 Å². The second kappa shape index (κ2) is 8.14. The number of rotatable bonds is 6. The summed E-state index contributed by atoms with van der Waals surface area (Å²) in [5, 5.41) is 0. The highest BCUT2D eigenvalue weighted by atomic mass is 16.6. The summed E-state index contributed by atoms with van der Waals surface area (Å²) in [7, 11) is 0. The highest BCUT2D eigenvalue weighted by Crippen LogP contribution is 2.07. The predicted octanol–water partition coefficient (Wildman–Crippen LogP) is 4.02. The fourth-order valence-corrected chi connectivity index (χ4v) is 1.15. The fourth-order valence-electron chi connectivity index (χ4n) is 1.15. The largest absolute Gasteiger partial charge is 0.457 e. The first-order valence-electron chi connectivity index (χ1n) is 6.00. The molecule has 0 aliphatic carbocycles. The molecule has 0 radical (unpaired) electrons. The molecule has 0 saturated heterocycles. The van der Waals surface area contributed by atoms with Gasteiger partial charge in [0.15, 0.2) is 0 Å². The number of ether oxygens (including phenoxy) is 1. The number of allylic oxidation sites excluding steroid dienone is 3. The molecule has 0 aromatic rings. The first-order chi connectivity index (χ1) is 7.45. The highest BCUT2D eigenvalue weighted by Gasteiger charge is 2.13. The van der Waals surface area contributed by atoms with Gasteiger partial charge in [0, 0.05) is 6.08 Å². The Kier molecular flexibility index (Phi) is 7.61. The Morgan fingerprint density at radius 3 is 2.31 bits per heavy atom.